The molecule has 0 aromatic carbocycles. The quantitative estimate of drug-likeness (QED) is 0.773. The molecular weight excluding hydrogens is 196 g/mol. The molecule has 1 fully saturated rings. The summed E-state index contributed by atoms with van der Waals surface area (Å²) >= 11 is 1.64. The summed E-state index contributed by atoms with van der Waals surface area (Å²) in [5.41, 5.74) is 6.02. The number of amides is 1. The lowest BCUT2D eigenvalue weighted by Crippen LogP contribution is -2.29. The van der Waals surface area contributed by atoms with Gasteiger partial charge in [-0.2, -0.15) is 0 Å². The molecule has 0 aliphatic carbocycles. The molecule has 1 aromatic heterocycles. The van der Waals surface area contributed by atoms with Gasteiger partial charge in [0, 0.05) is 17.3 Å². The third-order valence-electron chi connectivity index (χ3n) is 2.63. The summed E-state index contributed by atoms with van der Waals surface area (Å²) in [6, 6.07) is 1.83. The molecule has 2 rings (SSSR count). The normalized spacial score (nSPS) is 22.1. The topological polar surface area (TPSA) is 55.1 Å². The fourth-order valence-electron chi connectivity index (χ4n) is 1.92. The van der Waals surface area contributed by atoms with Gasteiger partial charge in [0.05, 0.1) is 5.56 Å². The molecule has 0 spiro atoms. The summed E-state index contributed by atoms with van der Waals surface area (Å²) in [7, 11) is 0. The zero-order valence-corrected chi connectivity index (χ0v) is 8.77. The highest BCUT2D eigenvalue weighted by molar-refractivity contribution is 7.10. The van der Waals surface area contributed by atoms with E-state index in [1.807, 2.05) is 11.4 Å². The van der Waals surface area contributed by atoms with E-state index in [1.54, 1.807) is 11.3 Å². The average Bonchev–Trinajstić information content (AvgIpc) is 2.67. The molecule has 0 bridgehead atoms. The van der Waals surface area contributed by atoms with E-state index in [0.717, 1.165) is 24.4 Å². The second-order valence-corrected chi connectivity index (χ2v) is 4.55. The third-order valence-corrected chi connectivity index (χ3v) is 3.71. The van der Waals surface area contributed by atoms with Gasteiger partial charge in [-0.15, -0.1) is 11.3 Å². The molecule has 4 heteroatoms. The monoisotopic (exact) mass is 210 g/mol. The Hall–Kier alpha value is -0.870. The molecule has 1 aliphatic rings. The second kappa shape index (κ2) is 4.11. The summed E-state index contributed by atoms with van der Waals surface area (Å²) in [4.78, 5) is 12.3. The Labute approximate surface area is 87.3 Å². The van der Waals surface area contributed by atoms with Crippen molar-refractivity contribution in [1.82, 2.24) is 5.32 Å². The fraction of sp³-hybridized carbons (Fsp3) is 0.500. The van der Waals surface area contributed by atoms with Gasteiger partial charge >= 0.3 is 0 Å². The van der Waals surface area contributed by atoms with Crippen molar-refractivity contribution in [3.63, 3.8) is 0 Å². The average molecular weight is 210 g/mol. The van der Waals surface area contributed by atoms with Crippen LogP contribution in [0.3, 0.4) is 0 Å². The lowest BCUT2D eigenvalue weighted by molar-refractivity contribution is 0.0999. The molecule has 0 unspecified atom stereocenters. The van der Waals surface area contributed by atoms with Crippen LogP contribution in [-0.4, -0.2) is 19.0 Å². The van der Waals surface area contributed by atoms with Crippen molar-refractivity contribution in [3.05, 3.63) is 21.9 Å². The fourth-order valence-corrected chi connectivity index (χ4v) is 2.96. The molecule has 14 heavy (non-hydrogen) atoms. The van der Waals surface area contributed by atoms with Crippen LogP contribution in [0.1, 0.15) is 34.0 Å². The summed E-state index contributed by atoms with van der Waals surface area (Å²) < 4.78 is 0. The van der Waals surface area contributed by atoms with Crippen LogP contribution in [0.25, 0.3) is 0 Å². The van der Waals surface area contributed by atoms with Gasteiger partial charge in [-0.3, -0.25) is 4.79 Å². The minimum atomic E-state index is -0.299. The highest BCUT2D eigenvalue weighted by Gasteiger charge is 2.21. The summed E-state index contributed by atoms with van der Waals surface area (Å²) in [6.07, 6.45) is 2.34. The molecule has 1 amide bonds. The predicted octanol–water partition coefficient (Wildman–Crippen LogP) is 1.31. The van der Waals surface area contributed by atoms with Crippen LogP contribution in [0.2, 0.25) is 0 Å². The Bertz CT molecular complexity index is 329. The summed E-state index contributed by atoms with van der Waals surface area (Å²) in [6.45, 7) is 2.06. The first-order chi connectivity index (χ1) is 6.79. The maximum Gasteiger partial charge on any atom is 0.249 e. The van der Waals surface area contributed by atoms with Crippen molar-refractivity contribution in [2.45, 2.75) is 18.8 Å². The van der Waals surface area contributed by atoms with Gasteiger partial charge in [0.15, 0.2) is 0 Å². The molecule has 2 heterocycles. The van der Waals surface area contributed by atoms with E-state index >= 15 is 0 Å². The Morgan fingerprint density at radius 2 is 2.50 bits per heavy atom. The van der Waals surface area contributed by atoms with Crippen molar-refractivity contribution in [2.24, 2.45) is 5.73 Å². The van der Waals surface area contributed by atoms with Gasteiger partial charge in [-0.25, -0.2) is 0 Å². The number of primary amides is 1. The van der Waals surface area contributed by atoms with Crippen molar-refractivity contribution >= 4 is 17.2 Å². The standard InChI is InChI=1S/C10H14N2OS/c11-10(13)8-3-5-14-9(8)7-2-1-4-12-6-7/h3,5,7,12H,1-2,4,6H2,(H2,11,13)/t7-/m1/s1. The number of hydrogen-bond donors (Lipinski definition) is 2. The number of thiophene rings is 1. The van der Waals surface area contributed by atoms with Crippen LogP contribution in [0.4, 0.5) is 0 Å². The van der Waals surface area contributed by atoms with Gasteiger partial charge in [0.25, 0.3) is 0 Å². The second-order valence-electron chi connectivity index (χ2n) is 3.61. The first kappa shape index (κ1) is 9.68. The SMILES string of the molecule is NC(=O)c1ccsc1[C@@H]1CCCNC1. The summed E-state index contributed by atoms with van der Waals surface area (Å²) in [5, 5.41) is 5.29. The minimum Gasteiger partial charge on any atom is -0.366 e. The van der Waals surface area contributed by atoms with E-state index < -0.39 is 0 Å². The lowest BCUT2D eigenvalue weighted by atomic mass is 9.95. The van der Waals surface area contributed by atoms with E-state index in [0.29, 0.717) is 11.5 Å². The molecule has 0 radical (unpaired) electrons. The Morgan fingerprint density at radius 1 is 1.64 bits per heavy atom. The van der Waals surface area contributed by atoms with E-state index in [9.17, 15) is 4.79 Å². The van der Waals surface area contributed by atoms with E-state index in [1.165, 1.54) is 6.42 Å². The Kier molecular flexibility index (Phi) is 2.84. The minimum absolute atomic E-state index is 0.299. The van der Waals surface area contributed by atoms with E-state index in [4.69, 9.17) is 5.73 Å². The zero-order valence-electron chi connectivity index (χ0n) is 7.95. The highest BCUT2D eigenvalue weighted by Crippen LogP contribution is 2.30. The first-order valence-electron chi connectivity index (χ1n) is 4.87. The van der Waals surface area contributed by atoms with Gasteiger partial charge < -0.3 is 11.1 Å². The van der Waals surface area contributed by atoms with Crippen LogP contribution in [0, 0.1) is 0 Å². The van der Waals surface area contributed by atoms with E-state index in [2.05, 4.69) is 5.32 Å². The number of hydrogen-bond acceptors (Lipinski definition) is 3. The van der Waals surface area contributed by atoms with Gasteiger partial charge in [-0.1, -0.05) is 0 Å². The number of piperidine rings is 1. The maximum atomic E-state index is 11.1. The number of carbonyl (C=O) groups excluding carboxylic acids is 1. The molecule has 76 valence electrons. The smallest absolute Gasteiger partial charge is 0.249 e. The number of nitrogens with two attached hydrogens (primary N) is 1. The summed E-state index contributed by atoms with van der Waals surface area (Å²) in [5.74, 6) is 0.179. The van der Waals surface area contributed by atoms with Crippen LogP contribution in [-0.2, 0) is 0 Å². The van der Waals surface area contributed by atoms with Gasteiger partial charge in [0.2, 0.25) is 5.91 Å². The molecule has 3 N–H and O–H groups in total. The molecule has 3 nitrogen and oxygen atoms in total. The molecule has 1 aliphatic heterocycles. The van der Waals surface area contributed by atoms with Crippen molar-refractivity contribution in [1.29, 1.82) is 0 Å². The van der Waals surface area contributed by atoms with Crippen molar-refractivity contribution in [2.75, 3.05) is 13.1 Å². The highest BCUT2D eigenvalue weighted by atomic mass is 32.1. The molecule has 1 atom stereocenters. The number of carbonyl (C=O) groups is 1. The number of rotatable bonds is 2. The van der Waals surface area contributed by atoms with Crippen LogP contribution >= 0.6 is 11.3 Å². The molecule has 1 saturated heterocycles. The third kappa shape index (κ3) is 1.81. The van der Waals surface area contributed by atoms with Gasteiger partial charge in [-0.05, 0) is 30.8 Å². The van der Waals surface area contributed by atoms with Crippen LogP contribution in [0.5, 0.6) is 0 Å². The zero-order chi connectivity index (χ0) is 9.97. The first-order valence-corrected chi connectivity index (χ1v) is 5.75. The van der Waals surface area contributed by atoms with Crippen LogP contribution < -0.4 is 11.1 Å². The van der Waals surface area contributed by atoms with E-state index in [-0.39, 0.29) is 5.91 Å². The Morgan fingerprint density at radius 3 is 3.14 bits per heavy atom. The van der Waals surface area contributed by atoms with Crippen molar-refractivity contribution < 1.29 is 4.79 Å². The van der Waals surface area contributed by atoms with Crippen molar-refractivity contribution in [3.8, 4) is 0 Å². The maximum absolute atomic E-state index is 11.1. The largest absolute Gasteiger partial charge is 0.366 e. The lowest BCUT2D eigenvalue weighted by Gasteiger charge is -2.22. The Balaban J connectivity index is 2.21. The number of nitrogens with one attached hydrogen (secondary N) is 1. The van der Waals surface area contributed by atoms with Gasteiger partial charge in [0.1, 0.15) is 0 Å². The molecule has 0 saturated carbocycles. The van der Waals surface area contributed by atoms with Crippen LogP contribution in [0.15, 0.2) is 11.4 Å². The molecule has 1 aromatic rings. The predicted molar refractivity (Wildman–Crippen MR) is 57.7 cm³/mol. The molecular formula is C10H14N2OS.